The Balaban J connectivity index is 1.32. The monoisotopic (exact) mass is 536 g/mol. The highest BCUT2D eigenvalue weighted by Gasteiger charge is 2.26. The Hall–Kier alpha value is -3.08. The average molecular weight is 537 g/mol. The van der Waals surface area contributed by atoms with Gasteiger partial charge in [0.15, 0.2) is 11.3 Å². The summed E-state index contributed by atoms with van der Waals surface area (Å²) >= 11 is 4.91. The molecular formula is C26H26N5O2S3+. The number of aromatic nitrogens is 3. The van der Waals surface area contributed by atoms with Crippen LogP contribution in [0, 0.1) is 0 Å². The lowest BCUT2D eigenvalue weighted by molar-refractivity contribution is -0.426. The molecule has 36 heavy (non-hydrogen) atoms. The van der Waals surface area contributed by atoms with Gasteiger partial charge in [0.1, 0.15) is 5.82 Å². The van der Waals surface area contributed by atoms with Gasteiger partial charge in [0.25, 0.3) is 0 Å². The molecule has 10 heteroatoms. The molecule has 184 valence electrons. The number of rotatable bonds is 7. The van der Waals surface area contributed by atoms with E-state index >= 15 is 0 Å². The number of aromatic amines is 1. The molecule has 1 amide bonds. The van der Waals surface area contributed by atoms with E-state index in [1.165, 1.54) is 7.11 Å². The van der Waals surface area contributed by atoms with Crippen molar-refractivity contribution in [3.8, 4) is 0 Å². The SMILES string of the molecule is COC(=O)N1CCC(c2csc(Nc3ncc(Sc4cccc[nH+]4)cc3Sc3ccccc3)n2)CC1. The molecule has 3 aromatic heterocycles. The van der Waals surface area contributed by atoms with Gasteiger partial charge in [-0.2, -0.15) is 0 Å². The minimum Gasteiger partial charge on any atom is -0.453 e. The van der Waals surface area contributed by atoms with E-state index < -0.39 is 0 Å². The molecule has 0 radical (unpaired) electrons. The summed E-state index contributed by atoms with van der Waals surface area (Å²) < 4.78 is 4.85. The first-order valence-electron chi connectivity index (χ1n) is 11.6. The van der Waals surface area contributed by atoms with E-state index in [-0.39, 0.29) is 6.09 Å². The number of carbonyl (C=O) groups excluding carboxylic acids is 1. The van der Waals surface area contributed by atoms with Crippen LogP contribution in [0.1, 0.15) is 24.5 Å². The van der Waals surface area contributed by atoms with Crippen LogP contribution >= 0.6 is 34.9 Å². The topological polar surface area (TPSA) is 81.5 Å². The van der Waals surface area contributed by atoms with Gasteiger partial charge in [-0.1, -0.05) is 30.0 Å². The van der Waals surface area contributed by atoms with E-state index in [1.807, 2.05) is 48.8 Å². The van der Waals surface area contributed by atoms with Crippen LogP contribution in [0.3, 0.4) is 0 Å². The molecule has 5 rings (SSSR count). The number of hydrogen-bond donors (Lipinski definition) is 1. The van der Waals surface area contributed by atoms with Gasteiger partial charge in [-0.25, -0.2) is 19.7 Å². The maximum absolute atomic E-state index is 11.8. The second-order valence-electron chi connectivity index (χ2n) is 8.20. The van der Waals surface area contributed by atoms with Crippen molar-refractivity contribution in [3.05, 3.63) is 78.1 Å². The number of hydrogen-bond acceptors (Lipinski definition) is 8. The lowest BCUT2D eigenvalue weighted by Gasteiger charge is -2.30. The molecule has 0 spiro atoms. The van der Waals surface area contributed by atoms with E-state index in [1.54, 1.807) is 39.8 Å². The van der Waals surface area contributed by atoms with Crippen molar-refractivity contribution in [2.75, 3.05) is 25.5 Å². The van der Waals surface area contributed by atoms with Gasteiger partial charge >= 0.3 is 6.09 Å². The van der Waals surface area contributed by atoms with Crippen molar-refractivity contribution in [1.82, 2.24) is 14.9 Å². The first-order chi connectivity index (χ1) is 17.7. The second kappa shape index (κ2) is 11.8. The molecule has 4 heterocycles. The summed E-state index contributed by atoms with van der Waals surface area (Å²) in [5.74, 6) is 1.12. The number of methoxy groups -OCH3 is 1. The van der Waals surface area contributed by atoms with Gasteiger partial charge < -0.3 is 15.0 Å². The normalized spacial score (nSPS) is 14.0. The van der Waals surface area contributed by atoms with Gasteiger partial charge in [-0.3, -0.25) is 0 Å². The van der Waals surface area contributed by atoms with Crippen LogP contribution in [-0.4, -0.2) is 41.2 Å². The molecule has 2 N–H and O–H groups in total. The number of piperidine rings is 1. The summed E-state index contributed by atoms with van der Waals surface area (Å²) in [6, 6.07) is 18.5. The quantitative estimate of drug-likeness (QED) is 0.295. The van der Waals surface area contributed by atoms with Gasteiger partial charge in [0.2, 0.25) is 5.03 Å². The van der Waals surface area contributed by atoms with Crippen LogP contribution in [0.4, 0.5) is 15.7 Å². The maximum atomic E-state index is 11.8. The molecule has 1 fully saturated rings. The van der Waals surface area contributed by atoms with Crippen molar-refractivity contribution in [2.45, 2.75) is 38.5 Å². The number of pyridine rings is 2. The van der Waals surface area contributed by atoms with Crippen LogP contribution in [-0.2, 0) is 4.74 Å². The Kier molecular flexibility index (Phi) is 8.04. The molecule has 0 bridgehead atoms. The molecule has 1 aliphatic heterocycles. The largest absolute Gasteiger partial charge is 0.453 e. The Labute approximate surface area is 222 Å². The standard InChI is InChI=1S/C26H25N5O2S3/c1-33-26(32)31-13-10-18(11-14-31)21-17-34-25(29-21)30-24-22(35-19-7-3-2-4-8-19)15-20(16-28-24)36-23-9-5-6-12-27-23/h2-9,12,15-18H,10-11,13-14H2,1H3,(H,28,29,30)/p+1. The summed E-state index contributed by atoms with van der Waals surface area (Å²) in [7, 11) is 1.43. The van der Waals surface area contributed by atoms with Crippen molar-refractivity contribution >= 4 is 51.9 Å². The summed E-state index contributed by atoms with van der Waals surface area (Å²) in [5, 5.41) is 7.44. The zero-order valence-electron chi connectivity index (χ0n) is 19.7. The number of ether oxygens (including phenoxy) is 1. The molecule has 1 aliphatic rings. The Morgan fingerprint density at radius 1 is 1.11 bits per heavy atom. The highest BCUT2D eigenvalue weighted by atomic mass is 32.2. The van der Waals surface area contributed by atoms with Gasteiger partial charge in [-0.15, -0.1) is 11.3 Å². The number of carbonyl (C=O) groups is 1. The van der Waals surface area contributed by atoms with E-state index in [2.05, 4.69) is 33.9 Å². The van der Waals surface area contributed by atoms with Crippen molar-refractivity contribution in [1.29, 1.82) is 0 Å². The van der Waals surface area contributed by atoms with Gasteiger partial charge in [0, 0.05) is 52.5 Å². The van der Waals surface area contributed by atoms with Crippen molar-refractivity contribution < 1.29 is 14.5 Å². The third-order valence-electron chi connectivity index (χ3n) is 5.80. The number of benzene rings is 1. The third-order valence-corrected chi connectivity index (χ3v) is 8.55. The minimum atomic E-state index is -0.254. The number of nitrogens with zero attached hydrogens (tertiary/aromatic N) is 3. The molecule has 4 aromatic rings. The number of H-pyrrole nitrogens is 1. The van der Waals surface area contributed by atoms with E-state index in [0.717, 1.165) is 49.2 Å². The first-order valence-corrected chi connectivity index (χ1v) is 14.1. The third kappa shape index (κ3) is 6.18. The van der Waals surface area contributed by atoms with Crippen LogP contribution in [0.25, 0.3) is 0 Å². The number of thiazole rings is 1. The fourth-order valence-electron chi connectivity index (χ4n) is 3.96. The average Bonchev–Trinajstić information content (AvgIpc) is 3.39. The molecule has 7 nitrogen and oxygen atoms in total. The second-order valence-corrected chi connectivity index (χ2v) is 11.3. The summed E-state index contributed by atoms with van der Waals surface area (Å²) in [4.78, 5) is 29.7. The lowest BCUT2D eigenvalue weighted by atomic mass is 9.94. The fourth-order valence-corrected chi connectivity index (χ4v) is 6.57. The highest BCUT2D eigenvalue weighted by Crippen LogP contribution is 2.38. The zero-order valence-corrected chi connectivity index (χ0v) is 22.2. The number of amides is 1. The van der Waals surface area contributed by atoms with Crippen molar-refractivity contribution in [3.63, 3.8) is 0 Å². The van der Waals surface area contributed by atoms with Crippen LogP contribution in [0.5, 0.6) is 0 Å². The number of nitrogens with one attached hydrogen (secondary N) is 2. The maximum Gasteiger partial charge on any atom is 0.409 e. The zero-order chi connectivity index (χ0) is 24.7. The molecule has 1 aromatic carbocycles. The molecule has 0 saturated carbocycles. The Morgan fingerprint density at radius 2 is 1.92 bits per heavy atom. The van der Waals surface area contributed by atoms with Crippen LogP contribution < -0.4 is 10.3 Å². The number of anilines is 2. The minimum absolute atomic E-state index is 0.254. The van der Waals surface area contributed by atoms with E-state index in [9.17, 15) is 4.79 Å². The summed E-state index contributed by atoms with van der Waals surface area (Å²) in [6.07, 6.45) is 5.32. The van der Waals surface area contributed by atoms with Crippen LogP contribution in [0.2, 0.25) is 0 Å². The predicted molar refractivity (Wildman–Crippen MR) is 143 cm³/mol. The molecule has 0 unspecified atom stereocenters. The van der Waals surface area contributed by atoms with Gasteiger partial charge in [-0.05, 0) is 48.9 Å². The highest BCUT2D eigenvalue weighted by molar-refractivity contribution is 8.00. The predicted octanol–water partition coefficient (Wildman–Crippen LogP) is 6.34. The smallest absolute Gasteiger partial charge is 0.409 e. The molecule has 1 saturated heterocycles. The fraction of sp³-hybridized carbons (Fsp3) is 0.231. The van der Waals surface area contributed by atoms with Crippen LogP contribution in [0.15, 0.2) is 92.1 Å². The molecular weight excluding hydrogens is 511 g/mol. The number of likely N-dealkylation sites (tertiary alicyclic amines) is 1. The first kappa shape index (κ1) is 24.6. The van der Waals surface area contributed by atoms with Gasteiger partial charge in [0.05, 0.1) is 17.7 Å². The molecule has 0 atom stereocenters. The molecule has 0 aliphatic carbocycles. The summed E-state index contributed by atoms with van der Waals surface area (Å²) in [5.41, 5.74) is 1.07. The summed E-state index contributed by atoms with van der Waals surface area (Å²) in [6.45, 7) is 1.38. The Morgan fingerprint density at radius 3 is 2.67 bits per heavy atom. The van der Waals surface area contributed by atoms with Crippen molar-refractivity contribution in [2.24, 2.45) is 0 Å². The lowest BCUT2D eigenvalue weighted by Crippen LogP contribution is -2.37. The Bertz CT molecular complexity index is 1300. The van der Waals surface area contributed by atoms with E-state index in [4.69, 9.17) is 14.7 Å². The van der Waals surface area contributed by atoms with E-state index in [0.29, 0.717) is 19.0 Å².